The van der Waals surface area contributed by atoms with E-state index in [9.17, 15) is 4.55 Å². The van der Waals surface area contributed by atoms with Gasteiger partial charge < -0.3 is 16.0 Å². The van der Waals surface area contributed by atoms with Crippen LogP contribution < -0.4 is 11.5 Å². The quantitative estimate of drug-likeness (QED) is 0.268. The van der Waals surface area contributed by atoms with Gasteiger partial charge in [-0.15, -0.1) is 0 Å². The summed E-state index contributed by atoms with van der Waals surface area (Å²) in [6, 6.07) is 25.9. The summed E-state index contributed by atoms with van der Waals surface area (Å²) in [5, 5.41) is 0.821. The summed E-state index contributed by atoms with van der Waals surface area (Å²) in [5.74, 6) is 0. The maximum Gasteiger partial charge on any atom is 0.168 e. The van der Waals surface area contributed by atoms with E-state index >= 15 is 0 Å². The molecule has 4 aromatic carbocycles. The minimum atomic E-state index is -1.59. The Morgan fingerprint density at radius 3 is 1.30 bits per heavy atom. The lowest BCUT2D eigenvalue weighted by molar-refractivity contribution is 0.595. The van der Waals surface area contributed by atoms with Gasteiger partial charge in [0, 0.05) is 11.2 Å². The van der Waals surface area contributed by atoms with Gasteiger partial charge in [-0.3, -0.25) is 0 Å². The highest BCUT2D eigenvalue weighted by Gasteiger charge is 2.28. The number of anilines is 2. The van der Waals surface area contributed by atoms with E-state index in [2.05, 4.69) is 0 Å². The Labute approximate surface area is 188 Å². The van der Waals surface area contributed by atoms with Crippen molar-refractivity contribution in [3.63, 3.8) is 0 Å². The van der Waals surface area contributed by atoms with Crippen LogP contribution in [-0.4, -0.2) is 4.55 Å². The Hall–Kier alpha value is -2.63. The van der Waals surface area contributed by atoms with Gasteiger partial charge in [0.15, 0.2) is 9.79 Å². The summed E-state index contributed by atoms with van der Waals surface area (Å²) < 4.78 is 13.9. The van der Waals surface area contributed by atoms with Crippen LogP contribution in [0, 0.1) is 0 Å². The Kier molecular flexibility index (Phi) is 5.93. The number of nitrogens with two attached hydrogens (primary N) is 2. The third kappa shape index (κ3) is 3.75. The molecule has 4 aromatic rings. The molecule has 150 valence electrons. The standard InChI is InChI=1S/C24H18Cl2N2OS/c25-17-11-13-19(21(23(17)27)15-7-3-1-4-8-15)30(29)20-14-12-18(26)24(28)22(20)16-9-5-2-6-10-16/h1-14H,27-28H2. The molecular formula is C24H18Cl2N2OS. The molecule has 0 aliphatic rings. The van der Waals surface area contributed by atoms with Crippen molar-refractivity contribution in [2.75, 3.05) is 11.5 Å². The molecule has 0 heterocycles. The van der Waals surface area contributed by atoms with E-state index in [0.29, 0.717) is 42.3 Å². The summed E-state index contributed by atoms with van der Waals surface area (Å²) in [6.45, 7) is 0. The van der Waals surface area contributed by atoms with E-state index in [4.69, 9.17) is 34.7 Å². The van der Waals surface area contributed by atoms with Gasteiger partial charge in [-0.1, -0.05) is 83.9 Å². The van der Waals surface area contributed by atoms with E-state index < -0.39 is 11.2 Å². The molecule has 30 heavy (non-hydrogen) atoms. The maximum atomic E-state index is 13.9. The van der Waals surface area contributed by atoms with Gasteiger partial charge in [-0.2, -0.15) is 0 Å². The summed E-state index contributed by atoms with van der Waals surface area (Å²) >= 11 is 11.0. The molecule has 0 amide bonds. The van der Waals surface area contributed by atoms with Crippen molar-refractivity contribution in [1.29, 1.82) is 0 Å². The van der Waals surface area contributed by atoms with Crippen LogP contribution in [0.4, 0.5) is 11.4 Å². The molecule has 4 rings (SSSR count). The van der Waals surface area contributed by atoms with Crippen LogP contribution in [0.15, 0.2) is 94.7 Å². The van der Waals surface area contributed by atoms with Crippen LogP contribution in [0.1, 0.15) is 0 Å². The molecule has 0 aliphatic carbocycles. The number of halogens is 2. The Balaban J connectivity index is 1.95. The molecule has 0 atom stereocenters. The van der Waals surface area contributed by atoms with Gasteiger partial charge in [0.05, 0.1) is 32.5 Å². The minimum absolute atomic E-state index is 0.386. The molecular weight excluding hydrogens is 435 g/mol. The molecule has 0 fully saturated rings. The van der Waals surface area contributed by atoms with Gasteiger partial charge in [0.1, 0.15) is 0 Å². The van der Waals surface area contributed by atoms with E-state index in [-0.39, 0.29) is 0 Å². The van der Waals surface area contributed by atoms with Gasteiger partial charge in [0.25, 0.3) is 0 Å². The predicted octanol–water partition coefficient (Wildman–Crippen LogP) is 6.66. The van der Waals surface area contributed by atoms with Crippen LogP contribution >= 0.6 is 23.2 Å². The zero-order chi connectivity index (χ0) is 21.3. The second-order valence-corrected chi connectivity index (χ2v) is 8.90. The number of nitrogen functional groups attached to an aromatic ring is 2. The molecule has 3 nitrogen and oxygen atoms in total. The van der Waals surface area contributed by atoms with E-state index in [1.54, 1.807) is 24.3 Å². The Morgan fingerprint density at radius 2 is 0.933 bits per heavy atom. The number of benzene rings is 4. The fourth-order valence-corrected chi connectivity index (χ4v) is 5.14. The highest BCUT2D eigenvalue weighted by Crippen LogP contribution is 2.43. The second kappa shape index (κ2) is 8.62. The van der Waals surface area contributed by atoms with Crippen LogP contribution in [0.3, 0.4) is 0 Å². The summed E-state index contributed by atoms with van der Waals surface area (Å²) in [6.07, 6.45) is 0. The minimum Gasteiger partial charge on any atom is -0.606 e. The van der Waals surface area contributed by atoms with Crippen molar-refractivity contribution >= 4 is 45.8 Å². The SMILES string of the molecule is Nc1c(Cl)ccc([S+]([O-])c2ccc(Cl)c(N)c2-c2ccccc2)c1-c1ccccc1. The molecule has 6 heteroatoms. The van der Waals surface area contributed by atoms with Crippen molar-refractivity contribution in [3.05, 3.63) is 95.0 Å². The lowest BCUT2D eigenvalue weighted by Gasteiger charge is -2.20. The Morgan fingerprint density at radius 1 is 0.567 bits per heavy atom. The fraction of sp³-hybridized carbons (Fsp3) is 0. The normalized spacial score (nSPS) is 11.1. The smallest absolute Gasteiger partial charge is 0.168 e. The second-order valence-electron chi connectivity index (χ2n) is 6.67. The van der Waals surface area contributed by atoms with Crippen LogP contribution in [0.2, 0.25) is 10.0 Å². The first-order valence-electron chi connectivity index (χ1n) is 9.17. The lowest BCUT2D eigenvalue weighted by atomic mass is 10.0. The van der Waals surface area contributed by atoms with Crippen molar-refractivity contribution < 1.29 is 4.55 Å². The maximum absolute atomic E-state index is 13.9. The van der Waals surface area contributed by atoms with Crippen molar-refractivity contribution in [1.82, 2.24) is 0 Å². The molecule has 0 spiro atoms. The van der Waals surface area contributed by atoms with E-state index in [0.717, 1.165) is 11.1 Å². The predicted molar refractivity (Wildman–Crippen MR) is 127 cm³/mol. The lowest BCUT2D eigenvalue weighted by Crippen LogP contribution is -2.09. The van der Waals surface area contributed by atoms with E-state index in [1.807, 2.05) is 60.7 Å². The first-order valence-corrected chi connectivity index (χ1v) is 11.1. The van der Waals surface area contributed by atoms with Crippen LogP contribution in [-0.2, 0) is 11.2 Å². The summed E-state index contributed by atoms with van der Waals surface area (Å²) in [4.78, 5) is 1.11. The fourth-order valence-electron chi connectivity index (χ4n) is 3.38. The van der Waals surface area contributed by atoms with Crippen molar-refractivity contribution in [2.45, 2.75) is 9.79 Å². The third-order valence-electron chi connectivity index (χ3n) is 4.83. The summed E-state index contributed by atoms with van der Waals surface area (Å²) in [5.41, 5.74) is 16.4. The molecule has 0 saturated heterocycles. The highest BCUT2D eigenvalue weighted by molar-refractivity contribution is 7.91. The molecule has 0 radical (unpaired) electrons. The summed E-state index contributed by atoms with van der Waals surface area (Å²) in [7, 11) is 0. The number of hydrogen-bond donors (Lipinski definition) is 2. The highest BCUT2D eigenvalue weighted by atomic mass is 35.5. The van der Waals surface area contributed by atoms with Crippen LogP contribution in [0.5, 0.6) is 0 Å². The van der Waals surface area contributed by atoms with Gasteiger partial charge in [-0.25, -0.2) is 0 Å². The average molecular weight is 453 g/mol. The largest absolute Gasteiger partial charge is 0.606 e. The number of rotatable bonds is 4. The van der Waals surface area contributed by atoms with Gasteiger partial charge >= 0.3 is 0 Å². The molecule has 0 aromatic heterocycles. The topological polar surface area (TPSA) is 75.1 Å². The van der Waals surface area contributed by atoms with E-state index in [1.165, 1.54) is 0 Å². The zero-order valence-electron chi connectivity index (χ0n) is 15.8. The molecule has 0 unspecified atom stereocenters. The number of hydrogen-bond acceptors (Lipinski definition) is 3. The Bertz CT molecular complexity index is 1110. The first kappa shape index (κ1) is 20.6. The van der Waals surface area contributed by atoms with Crippen molar-refractivity contribution in [2.24, 2.45) is 0 Å². The molecule has 4 N–H and O–H groups in total. The molecule has 0 saturated carbocycles. The van der Waals surface area contributed by atoms with Crippen LogP contribution in [0.25, 0.3) is 22.3 Å². The van der Waals surface area contributed by atoms with Gasteiger partial charge in [-0.05, 0) is 35.4 Å². The molecule has 0 aliphatic heterocycles. The average Bonchev–Trinajstić information content (AvgIpc) is 2.78. The first-order chi connectivity index (χ1) is 14.5. The van der Waals surface area contributed by atoms with Crippen molar-refractivity contribution in [3.8, 4) is 22.3 Å². The zero-order valence-corrected chi connectivity index (χ0v) is 18.1. The molecule has 0 bridgehead atoms. The monoisotopic (exact) mass is 452 g/mol. The third-order valence-corrected chi connectivity index (χ3v) is 6.97. The van der Waals surface area contributed by atoms with Gasteiger partial charge in [0.2, 0.25) is 0 Å².